The van der Waals surface area contributed by atoms with Crippen LogP contribution in [0.15, 0.2) is 0 Å². The van der Waals surface area contributed by atoms with Crippen LogP contribution in [-0.4, -0.2) is 5.97 Å². The Kier molecular flexibility index (Phi) is 17.9. The van der Waals surface area contributed by atoms with E-state index in [-0.39, 0.29) is 35.5 Å². The molecule has 0 saturated heterocycles. The van der Waals surface area contributed by atoms with Gasteiger partial charge in [0.25, 0.3) is 0 Å². The number of carboxylic acid groups (broad SMARTS) is 1. The normalized spacial score (nSPS) is 11.9. The van der Waals surface area contributed by atoms with Gasteiger partial charge in [-0.15, -0.1) is 0 Å². The van der Waals surface area contributed by atoms with Gasteiger partial charge in [0.15, 0.2) is 0 Å². The standard InChI is InChI=1S/C15H30O2.Na/c1-3-5-6-7-8-9-10-11-13-14(12-4-2)15(16)17;/h14H,3-13H2,1-2H3,(H,16,17);/q;+1/p-1. The van der Waals surface area contributed by atoms with Gasteiger partial charge in [-0.3, -0.25) is 0 Å². The number of hydrogen-bond donors (Lipinski definition) is 0. The SMILES string of the molecule is CCCCCCCCCCC(CCC)C(=O)[O-].[Na+]. The van der Waals surface area contributed by atoms with E-state index in [1.54, 1.807) is 0 Å². The minimum absolute atomic E-state index is 0. The molecule has 0 heterocycles. The third-order valence-electron chi connectivity index (χ3n) is 3.38. The molecule has 0 spiro atoms. The van der Waals surface area contributed by atoms with Gasteiger partial charge in [0.05, 0.1) is 0 Å². The summed E-state index contributed by atoms with van der Waals surface area (Å²) in [4.78, 5) is 10.8. The van der Waals surface area contributed by atoms with Crippen LogP contribution in [0.2, 0.25) is 0 Å². The van der Waals surface area contributed by atoms with Crippen LogP contribution < -0.4 is 34.7 Å². The first kappa shape index (κ1) is 20.8. The number of hydrogen-bond acceptors (Lipinski definition) is 2. The molecular weight excluding hydrogens is 235 g/mol. The molecule has 0 bridgehead atoms. The Hall–Kier alpha value is 0.470. The second-order valence-electron chi connectivity index (χ2n) is 5.07. The zero-order chi connectivity index (χ0) is 12.9. The Bertz CT molecular complexity index is 183. The number of carboxylic acids is 1. The van der Waals surface area contributed by atoms with Crippen molar-refractivity contribution in [1.29, 1.82) is 0 Å². The summed E-state index contributed by atoms with van der Waals surface area (Å²) in [7, 11) is 0. The second-order valence-corrected chi connectivity index (χ2v) is 5.07. The monoisotopic (exact) mass is 264 g/mol. The molecule has 3 heteroatoms. The molecule has 1 unspecified atom stereocenters. The van der Waals surface area contributed by atoms with Crippen molar-refractivity contribution >= 4 is 5.97 Å². The Morgan fingerprint density at radius 1 is 0.833 bits per heavy atom. The van der Waals surface area contributed by atoms with Crippen molar-refractivity contribution < 1.29 is 39.5 Å². The van der Waals surface area contributed by atoms with Crippen LogP contribution in [0.4, 0.5) is 0 Å². The van der Waals surface area contributed by atoms with E-state index in [4.69, 9.17) is 0 Å². The van der Waals surface area contributed by atoms with Gasteiger partial charge < -0.3 is 9.90 Å². The van der Waals surface area contributed by atoms with Crippen LogP contribution >= 0.6 is 0 Å². The van der Waals surface area contributed by atoms with E-state index in [1.807, 2.05) is 6.92 Å². The number of carbonyl (C=O) groups is 1. The van der Waals surface area contributed by atoms with Gasteiger partial charge in [-0.1, -0.05) is 71.6 Å². The summed E-state index contributed by atoms with van der Waals surface area (Å²) in [6.45, 7) is 4.26. The fraction of sp³-hybridized carbons (Fsp3) is 0.933. The Labute approximate surface area is 135 Å². The predicted octanol–water partition coefficient (Wildman–Crippen LogP) is 0.687. The molecule has 0 aromatic carbocycles. The topological polar surface area (TPSA) is 40.1 Å². The first-order valence-corrected chi connectivity index (χ1v) is 7.43. The van der Waals surface area contributed by atoms with Crippen molar-refractivity contribution in [3.63, 3.8) is 0 Å². The summed E-state index contributed by atoms with van der Waals surface area (Å²) < 4.78 is 0. The zero-order valence-electron chi connectivity index (χ0n) is 12.7. The van der Waals surface area contributed by atoms with Crippen molar-refractivity contribution in [3.05, 3.63) is 0 Å². The van der Waals surface area contributed by atoms with Crippen molar-refractivity contribution in [2.45, 2.75) is 84.5 Å². The molecule has 0 aromatic heterocycles. The van der Waals surface area contributed by atoms with E-state index in [2.05, 4.69) is 6.92 Å². The number of unbranched alkanes of at least 4 members (excludes halogenated alkanes) is 7. The van der Waals surface area contributed by atoms with Gasteiger partial charge in [0.1, 0.15) is 0 Å². The minimum atomic E-state index is -0.852. The molecule has 102 valence electrons. The van der Waals surface area contributed by atoms with E-state index in [9.17, 15) is 9.90 Å². The molecule has 18 heavy (non-hydrogen) atoms. The number of rotatable bonds is 12. The van der Waals surface area contributed by atoms with Crippen molar-refractivity contribution in [3.8, 4) is 0 Å². The van der Waals surface area contributed by atoms with Crippen LogP contribution in [0.3, 0.4) is 0 Å². The molecule has 0 aliphatic rings. The molecule has 0 amide bonds. The van der Waals surface area contributed by atoms with Crippen LogP contribution in [0.1, 0.15) is 84.5 Å². The van der Waals surface area contributed by atoms with E-state index in [0.29, 0.717) is 0 Å². The summed E-state index contributed by atoms with van der Waals surface area (Å²) in [5.74, 6) is -1.06. The van der Waals surface area contributed by atoms with Gasteiger partial charge in [-0.25, -0.2) is 0 Å². The molecular formula is C15H29NaO2. The number of aliphatic carboxylic acids is 1. The minimum Gasteiger partial charge on any atom is -0.550 e. The van der Waals surface area contributed by atoms with E-state index in [1.165, 1.54) is 44.9 Å². The van der Waals surface area contributed by atoms with Crippen LogP contribution in [0.25, 0.3) is 0 Å². The molecule has 2 nitrogen and oxygen atoms in total. The Balaban J connectivity index is 0. The summed E-state index contributed by atoms with van der Waals surface area (Å²) in [6.07, 6.45) is 12.7. The Morgan fingerprint density at radius 2 is 1.33 bits per heavy atom. The average Bonchev–Trinajstić information content (AvgIpc) is 2.31. The number of carbonyl (C=O) groups excluding carboxylic acids is 1. The maximum absolute atomic E-state index is 10.8. The summed E-state index contributed by atoms with van der Waals surface area (Å²) >= 11 is 0. The van der Waals surface area contributed by atoms with Gasteiger partial charge in [0, 0.05) is 5.97 Å². The summed E-state index contributed by atoms with van der Waals surface area (Å²) in [5, 5.41) is 10.8. The molecule has 0 N–H and O–H groups in total. The predicted molar refractivity (Wildman–Crippen MR) is 70.6 cm³/mol. The molecule has 0 aromatic rings. The molecule has 0 radical (unpaired) electrons. The second kappa shape index (κ2) is 15.5. The molecule has 0 aliphatic heterocycles. The Morgan fingerprint density at radius 3 is 1.78 bits per heavy atom. The quantitative estimate of drug-likeness (QED) is 0.384. The third kappa shape index (κ3) is 12.9. The van der Waals surface area contributed by atoms with Gasteiger partial charge in [-0.05, 0) is 18.8 Å². The van der Waals surface area contributed by atoms with Gasteiger partial charge in [-0.2, -0.15) is 0 Å². The molecule has 1 atom stereocenters. The molecule has 0 rings (SSSR count). The van der Waals surface area contributed by atoms with Gasteiger partial charge >= 0.3 is 29.6 Å². The third-order valence-corrected chi connectivity index (χ3v) is 3.38. The smallest absolute Gasteiger partial charge is 0.550 e. The fourth-order valence-corrected chi connectivity index (χ4v) is 2.25. The summed E-state index contributed by atoms with van der Waals surface area (Å²) in [5.41, 5.74) is 0. The largest absolute Gasteiger partial charge is 1.00 e. The van der Waals surface area contributed by atoms with Crippen molar-refractivity contribution in [2.75, 3.05) is 0 Å². The van der Waals surface area contributed by atoms with E-state index >= 15 is 0 Å². The average molecular weight is 264 g/mol. The maximum Gasteiger partial charge on any atom is 1.00 e. The molecule has 0 saturated carbocycles. The summed E-state index contributed by atoms with van der Waals surface area (Å²) in [6, 6.07) is 0. The first-order chi connectivity index (χ1) is 8.22. The van der Waals surface area contributed by atoms with E-state index in [0.717, 1.165) is 25.7 Å². The zero-order valence-corrected chi connectivity index (χ0v) is 14.7. The van der Waals surface area contributed by atoms with Crippen molar-refractivity contribution in [2.24, 2.45) is 5.92 Å². The van der Waals surface area contributed by atoms with Crippen molar-refractivity contribution in [1.82, 2.24) is 0 Å². The van der Waals surface area contributed by atoms with Crippen LogP contribution in [0.5, 0.6) is 0 Å². The fourth-order valence-electron chi connectivity index (χ4n) is 2.25. The van der Waals surface area contributed by atoms with Gasteiger partial charge in [0.2, 0.25) is 0 Å². The van der Waals surface area contributed by atoms with E-state index < -0.39 is 5.97 Å². The first-order valence-electron chi connectivity index (χ1n) is 7.43. The molecule has 0 fully saturated rings. The van der Waals surface area contributed by atoms with Crippen LogP contribution in [0, 0.1) is 5.92 Å². The van der Waals surface area contributed by atoms with Crippen LogP contribution in [-0.2, 0) is 4.79 Å². The molecule has 0 aliphatic carbocycles. The maximum atomic E-state index is 10.8.